The van der Waals surface area contributed by atoms with Gasteiger partial charge in [-0.3, -0.25) is 14.5 Å². The van der Waals surface area contributed by atoms with Crippen molar-refractivity contribution in [2.75, 3.05) is 18.4 Å². The van der Waals surface area contributed by atoms with Gasteiger partial charge in [-0.1, -0.05) is 6.07 Å². The van der Waals surface area contributed by atoms with E-state index in [0.29, 0.717) is 12.1 Å². The second-order valence-electron chi connectivity index (χ2n) is 7.65. The van der Waals surface area contributed by atoms with E-state index in [1.165, 1.54) is 0 Å². The summed E-state index contributed by atoms with van der Waals surface area (Å²) in [6, 6.07) is 9.88. The Bertz CT molecular complexity index is 1010. The largest absolute Gasteiger partial charge is 0.340 e. The zero-order valence-corrected chi connectivity index (χ0v) is 17.1. The molecular formula is C22H26N6O. The van der Waals surface area contributed by atoms with Crippen molar-refractivity contribution in [1.82, 2.24) is 24.6 Å². The van der Waals surface area contributed by atoms with Crippen molar-refractivity contribution in [3.05, 3.63) is 65.4 Å². The highest BCUT2D eigenvalue weighted by molar-refractivity contribution is 5.95. The molecule has 4 heterocycles. The van der Waals surface area contributed by atoms with E-state index in [4.69, 9.17) is 4.98 Å². The van der Waals surface area contributed by atoms with Gasteiger partial charge in [0.25, 0.3) is 5.91 Å². The molecular weight excluding hydrogens is 364 g/mol. The van der Waals surface area contributed by atoms with Crippen LogP contribution < -0.4 is 5.32 Å². The average molecular weight is 390 g/mol. The molecule has 1 fully saturated rings. The average Bonchev–Trinajstić information content (AvgIpc) is 3.06. The predicted octanol–water partition coefficient (Wildman–Crippen LogP) is 3.59. The molecule has 0 bridgehead atoms. The molecule has 0 radical (unpaired) electrons. The number of aromatic nitrogens is 4. The van der Waals surface area contributed by atoms with Crippen LogP contribution in [0, 0.1) is 13.8 Å². The summed E-state index contributed by atoms with van der Waals surface area (Å²) >= 11 is 0. The van der Waals surface area contributed by atoms with Crippen molar-refractivity contribution in [2.45, 2.75) is 32.6 Å². The Hall–Kier alpha value is -3.22. The van der Waals surface area contributed by atoms with Crippen molar-refractivity contribution in [3.63, 3.8) is 0 Å². The maximum absolute atomic E-state index is 13.0. The van der Waals surface area contributed by atoms with Crippen LogP contribution >= 0.6 is 0 Å². The normalized spacial score (nSPS) is 16.7. The quantitative estimate of drug-likeness (QED) is 0.737. The summed E-state index contributed by atoms with van der Waals surface area (Å²) in [5, 5.41) is 7.66. The fourth-order valence-corrected chi connectivity index (χ4v) is 3.94. The number of pyridine rings is 2. The van der Waals surface area contributed by atoms with Gasteiger partial charge >= 0.3 is 0 Å². The molecule has 0 aromatic carbocycles. The molecule has 0 spiro atoms. The molecule has 150 valence electrons. The maximum atomic E-state index is 13.0. The van der Waals surface area contributed by atoms with E-state index >= 15 is 0 Å². The second-order valence-corrected chi connectivity index (χ2v) is 7.65. The first-order chi connectivity index (χ1) is 14.0. The first-order valence-corrected chi connectivity index (χ1v) is 9.96. The molecule has 1 amide bonds. The number of nitrogens with one attached hydrogen (secondary N) is 1. The first kappa shape index (κ1) is 19.1. The SMILES string of the molecule is Cc1cc(Nc2ccccn2)cc(C2CCCN(C(=O)c3cn(C)nc3C)C2)n1. The van der Waals surface area contributed by atoms with Crippen LogP contribution in [-0.4, -0.2) is 43.6 Å². The van der Waals surface area contributed by atoms with E-state index in [9.17, 15) is 4.79 Å². The van der Waals surface area contributed by atoms with Crippen LogP contribution in [0.2, 0.25) is 0 Å². The summed E-state index contributed by atoms with van der Waals surface area (Å²) in [5.41, 5.74) is 4.40. The minimum absolute atomic E-state index is 0.0554. The number of hydrogen-bond acceptors (Lipinski definition) is 5. The lowest BCUT2D eigenvalue weighted by Crippen LogP contribution is -2.39. The molecule has 1 aliphatic rings. The monoisotopic (exact) mass is 390 g/mol. The number of rotatable bonds is 4. The van der Waals surface area contributed by atoms with Gasteiger partial charge in [-0.05, 0) is 51.0 Å². The highest BCUT2D eigenvalue weighted by Gasteiger charge is 2.28. The number of piperidine rings is 1. The maximum Gasteiger partial charge on any atom is 0.257 e. The lowest BCUT2D eigenvalue weighted by atomic mass is 9.93. The van der Waals surface area contributed by atoms with Gasteiger partial charge in [0.05, 0.1) is 11.3 Å². The number of aryl methyl sites for hydroxylation is 3. The minimum Gasteiger partial charge on any atom is -0.340 e. The van der Waals surface area contributed by atoms with Gasteiger partial charge < -0.3 is 10.2 Å². The summed E-state index contributed by atoms with van der Waals surface area (Å²) in [5.74, 6) is 1.07. The number of carbonyl (C=O) groups is 1. The van der Waals surface area contributed by atoms with Gasteiger partial charge in [0.15, 0.2) is 0 Å². The Morgan fingerprint density at radius 3 is 2.83 bits per heavy atom. The van der Waals surface area contributed by atoms with Crippen molar-refractivity contribution in [3.8, 4) is 0 Å². The zero-order valence-electron chi connectivity index (χ0n) is 17.1. The topological polar surface area (TPSA) is 75.9 Å². The number of carbonyl (C=O) groups excluding carboxylic acids is 1. The molecule has 29 heavy (non-hydrogen) atoms. The van der Waals surface area contributed by atoms with Crippen molar-refractivity contribution in [2.24, 2.45) is 7.05 Å². The van der Waals surface area contributed by atoms with E-state index in [1.54, 1.807) is 17.1 Å². The van der Waals surface area contributed by atoms with Crippen molar-refractivity contribution < 1.29 is 4.79 Å². The molecule has 1 N–H and O–H groups in total. The van der Waals surface area contributed by atoms with Gasteiger partial charge in [0.1, 0.15) is 5.82 Å². The van der Waals surface area contributed by atoms with Crippen LogP contribution in [0.3, 0.4) is 0 Å². The summed E-state index contributed by atoms with van der Waals surface area (Å²) < 4.78 is 1.70. The number of likely N-dealkylation sites (tertiary alicyclic amines) is 1. The summed E-state index contributed by atoms with van der Waals surface area (Å²) in [6.07, 6.45) is 5.56. The molecule has 7 nitrogen and oxygen atoms in total. The molecule has 1 aliphatic heterocycles. The van der Waals surface area contributed by atoms with Crippen molar-refractivity contribution in [1.29, 1.82) is 0 Å². The first-order valence-electron chi connectivity index (χ1n) is 9.96. The minimum atomic E-state index is 0.0554. The van der Waals surface area contributed by atoms with Gasteiger partial charge in [-0.2, -0.15) is 5.10 Å². The molecule has 7 heteroatoms. The van der Waals surface area contributed by atoms with Gasteiger partial charge in [0.2, 0.25) is 0 Å². The van der Waals surface area contributed by atoms with Gasteiger partial charge in [-0.25, -0.2) is 4.98 Å². The molecule has 1 atom stereocenters. The standard InChI is InChI=1S/C22H26N6O/c1-15-11-18(25-21-8-4-5-9-23-21)12-20(24-15)17-7-6-10-28(13-17)22(29)19-14-27(3)26-16(19)2/h4-5,8-9,11-12,14,17H,6-7,10,13H2,1-3H3,(H,23,24,25). The molecule has 4 rings (SSSR count). The molecule has 0 saturated carbocycles. The van der Waals surface area contributed by atoms with E-state index in [-0.39, 0.29) is 11.8 Å². The van der Waals surface area contributed by atoms with Crippen LogP contribution in [0.25, 0.3) is 0 Å². The van der Waals surface area contributed by atoms with Crippen LogP contribution in [0.4, 0.5) is 11.5 Å². The predicted molar refractivity (Wildman–Crippen MR) is 112 cm³/mol. The Morgan fingerprint density at radius 1 is 1.24 bits per heavy atom. The fraction of sp³-hybridized carbons (Fsp3) is 0.364. The van der Waals surface area contributed by atoms with E-state index in [2.05, 4.69) is 21.5 Å². The second kappa shape index (κ2) is 8.03. The van der Waals surface area contributed by atoms with E-state index in [1.807, 2.05) is 50.1 Å². The van der Waals surface area contributed by atoms with Crippen molar-refractivity contribution >= 4 is 17.4 Å². The zero-order chi connectivity index (χ0) is 20.4. The Morgan fingerprint density at radius 2 is 2.10 bits per heavy atom. The lowest BCUT2D eigenvalue weighted by molar-refractivity contribution is 0.0705. The number of anilines is 2. The molecule has 1 unspecified atom stereocenters. The molecule has 1 saturated heterocycles. The third kappa shape index (κ3) is 4.29. The summed E-state index contributed by atoms with van der Waals surface area (Å²) in [4.78, 5) is 24.1. The number of amides is 1. The smallest absolute Gasteiger partial charge is 0.257 e. The van der Waals surface area contributed by atoms with Crippen LogP contribution in [-0.2, 0) is 7.05 Å². The van der Waals surface area contributed by atoms with E-state index < -0.39 is 0 Å². The van der Waals surface area contributed by atoms with Crippen LogP contribution in [0.1, 0.15) is 46.2 Å². The van der Waals surface area contributed by atoms with Crippen LogP contribution in [0.15, 0.2) is 42.7 Å². The Kier molecular flexibility index (Phi) is 5.29. The highest BCUT2D eigenvalue weighted by Crippen LogP contribution is 2.29. The third-order valence-electron chi connectivity index (χ3n) is 5.28. The molecule has 3 aromatic rings. The Labute approximate surface area is 170 Å². The fourth-order valence-electron chi connectivity index (χ4n) is 3.94. The van der Waals surface area contributed by atoms with E-state index in [0.717, 1.165) is 48.0 Å². The third-order valence-corrected chi connectivity index (χ3v) is 5.28. The highest BCUT2D eigenvalue weighted by atomic mass is 16.2. The summed E-state index contributed by atoms with van der Waals surface area (Å²) in [6.45, 7) is 5.32. The van der Waals surface area contributed by atoms with Gasteiger partial charge in [-0.15, -0.1) is 0 Å². The Balaban J connectivity index is 1.53. The molecule has 3 aromatic heterocycles. The summed E-state index contributed by atoms with van der Waals surface area (Å²) in [7, 11) is 1.84. The lowest BCUT2D eigenvalue weighted by Gasteiger charge is -2.32. The molecule has 0 aliphatic carbocycles. The van der Waals surface area contributed by atoms with Gasteiger partial charge in [0, 0.05) is 55.5 Å². The number of hydrogen-bond donors (Lipinski definition) is 1. The van der Waals surface area contributed by atoms with Crippen LogP contribution in [0.5, 0.6) is 0 Å². The number of nitrogens with zero attached hydrogens (tertiary/aromatic N) is 5.